The maximum Gasteiger partial charge on any atom is 0.416 e. The fraction of sp³-hybridized carbons (Fsp3) is 0.312. The largest absolute Gasteiger partial charge is 0.416 e. The molecule has 142 valence electrons. The van der Waals surface area contributed by atoms with Crippen molar-refractivity contribution < 1.29 is 22.9 Å². The van der Waals surface area contributed by atoms with Gasteiger partial charge in [-0.3, -0.25) is 19.9 Å². The number of piperazine rings is 1. The summed E-state index contributed by atoms with van der Waals surface area (Å²) in [5.41, 5.74) is -1.40. The molecule has 0 radical (unpaired) electrons. The summed E-state index contributed by atoms with van der Waals surface area (Å²) in [4.78, 5) is 33.6. The zero-order valence-corrected chi connectivity index (χ0v) is 13.9. The van der Waals surface area contributed by atoms with Crippen LogP contribution in [-0.4, -0.2) is 51.9 Å². The predicted molar refractivity (Wildman–Crippen MR) is 88.2 cm³/mol. The van der Waals surface area contributed by atoms with Crippen LogP contribution in [-0.2, 0) is 6.18 Å². The van der Waals surface area contributed by atoms with E-state index in [0.717, 1.165) is 12.1 Å². The number of aromatic nitrogens is 2. The van der Waals surface area contributed by atoms with Crippen LogP contribution in [0.1, 0.15) is 16.1 Å². The van der Waals surface area contributed by atoms with Crippen molar-refractivity contribution in [2.24, 2.45) is 0 Å². The van der Waals surface area contributed by atoms with Gasteiger partial charge in [-0.25, -0.2) is 4.98 Å². The Morgan fingerprint density at radius 2 is 1.85 bits per heavy atom. The van der Waals surface area contributed by atoms with E-state index in [4.69, 9.17) is 0 Å². The second kappa shape index (κ2) is 7.17. The first kappa shape index (κ1) is 18.5. The average Bonchev–Trinajstić information content (AvgIpc) is 2.67. The number of hydrogen-bond acceptors (Lipinski definition) is 6. The molecule has 2 aromatic rings. The number of benzene rings is 1. The van der Waals surface area contributed by atoms with Crippen molar-refractivity contribution >= 4 is 17.3 Å². The highest BCUT2D eigenvalue weighted by Crippen LogP contribution is 2.36. The molecule has 1 aliphatic heterocycles. The number of alkyl halides is 3. The Bertz CT molecular complexity index is 852. The van der Waals surface area contributed by atoms with Gasteiger partial charge in [-0.1, -0.05) is 0 Å². The Hall–Kier alpha value is -3.24. The molecule has 0 saturated carbocycles. The van der Waals surface area contributed by atoms with Gasteiger partial charge in [0.15, 0.2) is 0 Å². The number of anilines is 1. The van der Waals surface area contributed by atoms with E-state index in [1.807, 2.05) is 0 Å². The molecule has 1 amide bonds. The number of rotatable bonds is 3. The van der Waals surface area contributed by atoms with E-state index in [1.165, 1.54) is 23.5 Å². The Morgan fingerprint density at radius 1 is 1.15 bits per heavy atom. The number of hydrogen-bond donors (Lipinski definition) is 0. The highest BCUT2D eigenvalue weighted by molar-refractivity contribution is 5.92. The van der Waals surface area contributed by atoms with Crippen LogP contribution in [0.25, 0.3) is 0 Å². The predicted octanol–water partition coefficient (Wildman–Crippen LogP) is 2.37. The van der Waals surface area contributed by atoms with Crippen LogP contribution < -0.4 is 4.90 Å². The topological polar surface area (TPSA) is 92.5 Å². The van der Waals surface area contributed by atoms with Crippen molar-refractivity contribution in [1.82, 2.24) is 14.9 Å². The molecular formula is C16H14F3N5O3. The zero-order chi connectivity index (χ0) is 19.6. The number of halogens is 3. The maximum absolute atomic E-state index is 12.8. The summed E-state index contributed by atoms with van der Waals surface area (Å²) in [6.45, 7) is 1.01. The molecule has 0 bridgehead atoms. The molecule has 0 unspecified atom stereocenters. The SMILES string of the molecule is O=C(c1cnccn1)N1CCN(c2ccc(C(F)(F)F)cc2[N+](=O)[O-])CC1. The normalized spacial score (nSPS) is 14.9. The van der Waals surface area contributed by atoms with Gasteiger partial charge in [-0.2, -0.15) is 13.2 Å². The van der Waals surface area contributed by atoms with Gasteiger partial charge in [-0.15, -0.1) is 0 Å². The molecule has 0 aliphatic carbocycles. The molecule has 1 aromatic heterocycles. The van der Waals surface area contributed by atoms with Gasteiger partial charge in [-0.05, 0) is 12.1 Å². The summed E-state index contributed by atoms with van der Waals surface area (Å²) in [6.07, 6.45) is -0.478. The van der Waals surface area contributed by atoms with Crippen LogP contribution in [0, 0.1) is 10.1 Å². The summed E-state index contributed by atoms with van der Waals surface area (Å²) in [5.74, 6) is -0.315. The van der Waals surface area contributed by atoms with Crippen molar-refractivity contribution in [3.8, 4) is 0 Å². The van der Waals surface area contributed by atoms with E-state index in [1.54, 1.807) is 4.90 Å². The summed E-state index contributed by atoms with van der Waals surface area (Å²) in [6, 6.07) is 2.45. The molecule has 1 aromatic carbocycles. The van der Waals surface area contributed by atoms with E-state index >= 15 is 0 Å². The van der Waals surface area contributed by atoms with E-state index in [2.05, 4.69) is 9.97 Å². The van der Waals surface area contributed by atoms with Crippen molar-refractivity contribution in [2.75, 3.05) is 31.1 Å². The van der Waals surface area contributed by atoms with E-state index in [-0.39, 0.29) is 43.5 Å². The molecular weight excluding hydrogens is 367 g/mol. The van der Waals surface area contributed by atoms with Gasteiger partial charge < -0.3 is 9.80 Å². The Labute approximate surface area is 151 Å². The van der Waals surface area contributed by atoms with Crippen LogP contribution in [0.15, 0.2) is 36.8 Å². The number of carbonyl (C=O) groups is 1. The second-order valence-electron chi connectivity index (χ2n) is 5.83. The summed E-state index contributed by atoms with van der Waals surface area (Å²) in [7, 11) is 0. The Kier molecular flexibility index (Phi) is 4.93. The minimum atomic E-state index is -4.66. The van der Waals surface area contributed by atoms with Crippen LogP contribution in [0.3, 0.4) is 0 Å². The third kappa shape index (κ3) is 3.96. The fourth-order valence-electron chi connectivity index (χ4n) is 2.84. The van der Waals surface area contributed by atoms with Crippen molar-refractivity contribution in [2.45, 2.75) is 6.18 Å². The van der Waals surface area contributed by atoms with E-state index in [9.17, 15) is 28.1 Å². The fourth-order valence-corrected chi connectivity index (χ4v) is 2.84. The molecule has 1 fully saturated rings. The van der Waals surface area contributed by atoms with Crippen LogP contribution in [0.4, 0.5) is 24.5 Å². The van der Waals surface area contributed by atoms with Crippen LogP contribution in [0.5, 0.6) is 0 Å². The van der Waals surface area contributed by atoms with Crippen LogP contribution >= 0.6 is 0 Å². The number of nitro benzene ring substituents is 1. The first-order chi connectivity index (χ1) is 12.8. The van der Waals surface area contributed by atoms with Crippen molar-refractivity contribution in [3.63, 3.8) is 0 Å². The van der Waals surface area contributed by atoms with E-state index in [0.29, 0.717) is 6.07 Å². The summed E-state index contributed by atoms with van der Waals surface area (Å²) in [5, 5.41) is 11.2. The minimum absolute atomic E-state index is 0.0969. The van der Waals surface area contributed by atoms with Crippen molar-refractivity contribution in [3.05, 3.63) is 58.2 Å². The molecule has 8 nitrogen and oxygen atoms in total. The van der Waals surface area contributed by atoms with Crippen LogP contribution in [0.2, 0.25) is 0 Å². The smallest absolute Gasteiger partial charge is 0.362 e. The first-order valence-corrected chi connectivity index (χ1v) is 7.93. The quantitative estimate of drug-likeness (QED) is 0.599. The second-order valence-corrected chi connectivity index (χ2v) is 5.83. The van der Waals surface area contributed by atoms with Gasteiger partial charge in [0.25, 0.3) is 11.6 Å². The highest BCUT2D eigenvalue weighted by Gasteiger charge is 2.34. The molecule has 27 heavy (non-hydrogen) atoms. The molecule has 3 rings (SSSR count). The molecule has 0 atom stereocenters. The maximum atomic E-state index is 12.8. The highest BCUT2D eigenvalue weighted by atomic mass is 19.4. The monoisotopic (exact) mass is 381 g/mol. The lowest BCUT2D eigenvalue weighted by atomic mass is 10.1. The van der Waals surface area contributed by atoms with Crippen molar-refractivity contribution in [1.29, 1.82) is 0 Å². The van der Waals surface area contributed by atoms with Gasteiger partial charge in [0.2, 0.25) is 0 Å². The van der Waals surface area contributed by atoms with Gasteiger partial charge >= 0.3 is 6.18 Å². The average molecular weight is 381 g/mol. The standard InChI is InChI=1S/C16H14F3N5O3/c17-16(18,19)11-1-2-13(14(9-11)24(26)27)22-5-7-23(8-6-22)15(25)12-10-20-3-4-21-12/h1-4,9-10H,5-8H2. The number of nitro groups is 1. The Balaban J connectivity index is 1.76. The third-order valence-electron chi connectivity index (χ3n) is 4.19. The molecule has 11 heteroatoms. The lowest BCUT2D eigenvalue weighted by Crippen LogP contribution is -2.49. The number of carbonyl (C=O) groups excluding carboxylic acids is 1. The molecule has 1 aliphatic rings. The molecule has 0 spiro atoms. The molecule has 2 heterocycles. The van der Waals surface area contributed by atoms with Gasteiger partial charge in [0.1, 0.15) is 11.4 Å². The number of nitrogens with zero attached hydrogens (tertiary/aromatic N) is 5. The van der Waals surface area contributed by atoms with Gasteiger partial charge in [0.05, 0.1) is 16.7 Å². The Morgan fingerprint density at radius 3 is 2.41 bits per heavy atom. The van der Waals surface area contributed by atoms with Gasteiger partial charge in [0, 0.05) is 44.6 Å². The lowest BCUT2D eigenvalue weighted by Gasteiger charge is -2.35. The molecule has 1 saturated heterocycles. The zero-order valence-electron chi connectivity index (χ0n) is 13.9. The first-order valence-electron chi connectivity index (χ1n) is 7.93. The number of amides is 1. The minimum Gasteiger partial charge on any atom is -0.362 e. The van der Waals surface area contributed by atoms with E-state index < -0.39 is 22.4 Å². The third-order valence-corrected chi connectivity index (χ3v) is 4.19. The summed E-state index contributed by atoms with van der Waals surface area (Å²) < 4.78 is 38.4. The summed E-state index contributed by atoms with van der Waals surface area (Å²) >= 11 is 0. The lowest BCUT2D eigenvalue weighted by molar-refractivity contribution is -0.384. The molecule has 0 N–H and O–H groups in total.